The van der Waals surface area contributed by atoms with Gasteiger partial charge >= 0.3 is 6.01 Å². The van der Waals surface area contributed by atoms with Crippen LogP contribution in [0, 0.1) is 48.0 Å². The number of aromatic hydroxyl groups is 1. The normalized spacial score (nSPS) is 18.4. The molecule has 5 aromatic rings. The van der Waals surface area contributed by atoms with Crippen molar-refractivity contribution in [3.05, 3.63) is 95.1 Å². The van der Waals surface area contributed by atoms with Gasteiger partial charge in [0.05, 0.1) is 24.1 Å². The number of hydrogen-bond donors (Lipinski definition) is 2. The third-order valence-corrected chi connectivity index (χ3v) is 17.4. The average molecular weight is 1220 g/mol. The zero-order valence-corrected chi connectivity index (χ0v) is 56.3. The van der Waals surface area contributed by atoms with Crippen molar-refractivity contribution in [1.82, 2.24) is 30.1 Å². The molecule has 4 aliphatic rings. The number of amides is 1. The van der Waals surface area contributed by atoms with Crippen molar-refractivity contribution in [1.29, 1.82) is 0 Å². The number of fused-ring (bicyclic) bond motifs is 3. The van der Waals surface area contributed by atoms with Gasteiger partial charge in [0.25, 0.3) is 6.47 Å². The standard InChI is InChI=1S/C31H50FN3O.C26H26F2N4O2.C9H15NO2.3C2H6/c1-8-11-24(14-13-22(4)5)21-35-19-17-25(18-20-35)27-16-15-26(23(6)29(27)32)30(33-7)28(12-9-2)31(36)34-10-3;1-4-17-20(27)8-7-15-10-16(33)11-18(21(15)17)23-22(28)24-19(12-29-23)25(31-26(30-24)34-3)32-9-5-6-14(2)13-32;11-7-12-6-9-4-3-8-2-1-5-10(8)9;3*1-2/h10,15-16,22,24-25,28H,3,8-9,11-14,17-21H2,1-2,4-7H3,(H,34,36);7-8,10-12,14,33H,4-6,9,13H2,1-3H3;7-9H,1-6H2;3*1-2H3. The number of aromatic nitrogens is 3. The lowest BCUT2D eigenvalue weighted by atomic mass is 9.84. The smallest absolute Gasteiger partial charge is 0.318 e. The summed E-state index contributed by atoms with van der Waals surface area (Å²) in [6, 6.07) is 11.2. The molecule has 4 aliphatic heterocycles. The molecule has 2 aromatic heterocycles. The molecule has 0 aliphatic carbocycles. The number of ether oxygens (including phenoxy) is 2. The van der Waals surface area contributed by atoms with Gasteiger partial charge in [-0.2, -0.15) is 9.97 Å². The predicted molar refractivity (Wildman–Crippen MR) is 358 cm³/mol. The van der Waals surface area contributed by atoms with Gasteiger partial charge in [-0.1, -0.05) is 127 Å². The van der Waals surface area contributed by atoms with Gasteiger partial charge in [0.2, 0.25) is 5.91 Å². The summed E-state index contributed by atoms with van der Waals surface area (Å²) in [5.74, 6) is 1.06. The van der Waals surface area contributed by atoms with Crippen LogP contribution in [0.25, 0.3) is 32.9 Å². The van der Waals surface area contributed by atoms with E-state index in [1.54, 1.807) is 19.3 Å². The van der Waals surface area contributed by atoms with Crippen LogP contribution in [0.15, 0.2) is 60.4 Å². The van der Waals surface area contributed by atoms with Gasteiger partial charge in [-0.05, 0) is 179 Å². The summed E-state index contributed by atoms with van der Waals surface area (Å²) < 4.78 is 56.6. The molecule has 1 amide bonds. The number of methoxy groups -OCH3 is 1. The van der Waals surface area contributed by atoms with Gasteiger partial charge in [0.1, 0.15) is 41.0 Å². The van der Waals surface area contributed by atoms with E-state index in [4.69, 9.17) is 9.47 Å². The fourth-order valence-corrected chi connectivity index (χ4v) is 13.2. The number of aliphatic imine (C=N–C) groups is 1. The molecule has 0 bridgehead atoms. The van der Waals surface area contributed by atoms with E-state index in [2.05, 4.69) is 74.2 Å². The van der Waals surface area contributed by atoms with E-state index in [9.17, 15) is 19.1 Å². The quantitative estimate of drug-likeness (QED) is 0.0535. The van der Waals surface area contributed by atoms with E-state index >= 15 is 8.78 Å². The van der Waals surface area contributed by atoms with Crippen molar-refractivity contribution in [2.45, 2.75) is 204 Å². The first-order chi connectivity index (χ1) is 42.6. The number of phenols is 1. The number of benzene rings is 3. The first-order valence-electron chi connectivity index (χ1n) is 33.4. The zero-order valence-electron chi connectivity index (χ0n) is 56.3. The molecule has 16 heteroatoms. The van der Waals surface area contributed by atoms with Crippen LogP contribution >= 0.6 is 0 Å². The van der Waals surface area contributed by atoms with Crippen molar-refractivity contribution in [2.75, 3.05) is 64.9 Å². The topological polar surface area (TPSA) is 146 Å². The summed E-state index contributed by atoms with van der Waals surface area (Å²) in [4.78, 5) is 47.6. The maximum absolute atomic E-state index is 16.1. The number of rotatable bonds is 21. The van der Waals surface area contributed by atoms with Crippen LogP contribution < -0.4 is 15.0 Å². The molecule has 4 saturated heterocycles. The third-order valence-electron chi connectivity index (χ3n) is 17.4. The molecule has 488 valence electrons. The molecule has 13 nitrogen and oxygen atoms in total. The summed E-state index contributed by atoms with van der Waals surface area (Å²) in [6.07, 6.45) is 19.3. The van der Waals surface area contributed by atoms with Gasteiger partial charge < -0.3 is 29.7 Å². The van der Waals surface area contributed by atoms with Crippen LogP contribution in [-0.2, 0) is 20.7 Å². The zero-order chi connectivity index (χ0) is 65.0. The maximum atomic E-state index is 16.1. The fraction of sp³-hybridized carbons (Fsp3) is 0.611. The summed E-state index contributed by atoms with van der Waals surface area (Å²) in [7, 11) is 3.13. The number of aryl methyl sites for hydroxylation is 1. The van der Waals surface area contributed by atoms with E-state index in [0.29, 0.717) is 82.3 Å². The van der Waals surface area contributed by atoms with Crippen molar-refractivity contribution in [2.24, 2.45) is 28.7 Å². The minimum Gasteiger partial charge on any atom is -0.508 e. The molecule has 0 saturated carbocycles. The Morgan fingerprint density at radius 2 is 1.58 bits per heavy atom. The van der Waals surface area contributed by atoms with Crippen molar-refractivity contribution in [3.8, 4) is 23.0 Å². The van der Waals surface area contributed by atoms with Crippen LogP contribution in [0.1, 0.15) is 201 Å². The van der Waals surface area contributed by atoms with Crippen LogP contribution in [0.5, 0.6) is 11.8 Å². The number of anilines is 1. The minimum absolute atomic E-state index is 0.00702. The minimum atomic E-state index is -0.664. The largest absolute Gasteiger partial charge is 0.508 e. The predicted octanol–water partition coefficient (Wildman–Crippen LogP) is 16.8. The van der Waals surface area contributed by atoms with Crippen molar-refractivity contribution in [3.63, 3.8) is 0 Å². The molecule has 2 N–H and O–H groups in total. The second kappa shape index (κ2) is 38.4. The molecule has 88 heavy (non-hydrogen) atoms. The number of carbonyl (C=O) groups excluding carboxylic acids is 2. The van der Waals surface area contributed by atoms with E-state index in [-0.39, 0.29) is 46.4 Å². The number of pyridine rings is 1. The Bertz CT molecular complexity index is 2990. The van der Waals surface area contributed by atoms with Crippen LogP contribution in [0.3, 0.4) is 0 Å². The van der Waals surface area contributed by atoms with E-state index in [1.165, 1.54) is 96.0 Å². The Labute approximate surface area is 526 Å². The SMILES string of the molecule is C=CNC(=O)C(CCC)C(=NC)c1ccc(C2CCN(CC(CCC)CCC(C)C)CC2)c(F)c1C.CC.CC.CC.CCc1c(F)ccc2cc(O)cc(-c3ncc4c(N5CCCC(C)C5)nc(OC)nc4c3F)c12.O=COCC1CCC2CCCN21. The highest BCUT2D eigenvalue weighted by Crippen LogP contribution is 2.40. The Morgan fingerprint density at radius 3 is 2.20 bits per heavy atom. The van der Waals surface area contributed by atoms with Gasteiger partial charge in [0.15, 0.2) is 5.82 Å². The van der Waals surface area contributed by atoms with E-state index in [1.807, 2.05) is 74.4 Å². The maximum Gasteiger partial charge on any atom is 0.318 e. The highest BCUT2D eigenvalue weighted by atomic mass is 19.1. The number of likely N-dealkylation sites (tertiary alicyclic amines) is 1. The average Bonchev–Trinajstić information content (AvgIpc) is 1.90. The third kappa shape index (κ3) is 19.4. The lowest BCUT2D eigenvalue weighted by molar-refractivity contribution is -0.130. The number of carbonyl (C=O) groups is 2. The summed E-state index contributed by atoms with van der Waals surface area (Å²) in [6.45, 7) is 37.6. The first-order valence-corrected chi connectivity index (χ1v) is 33.4. The van der Waals surface area contributed by atoms with Crippen LogP contribution in [0.2, 0.25) is 0 Å². The van der Waals surface area contributed by atoms with Gasteiger partial charge in [-0.25, -0.2) is 13.2 Å². The Balaban J connectivity index is 0.000000295. The molecule has 5 unspecified atom stereocenters. The molecular formula is C72H109F3N8O5. The molecule has 5 atom stereocenters. The molecule has 0 radical (unpaired) electrons. The number of halogens is 3. The number of phenolic OH excluding ortho intramolecular Hbond substituents is 1. The molecule has 3 aromatic carbocycles. The fourth-order valence-electron chi connectivity index (χ4n) is 13.2. The Hall–Kier alpha value is -6.13. The number of nitrogens with zero attached hydrogens (tertiary/aromatic N) is 7. The second-order valence-corrected chi connectivity index (χ2v) is 23.6. The first kappa shape index (κ1) is 74.3. The van der Waals surface area contributed by atoms with Crippen molar-refractivity contribution < 1.29 is 37.3 Å². The van der Waals surface area contributed by atoms with E-state index in [0.717, 1.165) is 87.3 Å². The monoisotopic (exact) mass is 1220 g/mol. The molecule has 9 rings (SSSR count). The van der Waals surface area contributed by atoms with Gasteiger partial charge in [-0.15, -0.1) is 0 Å². The highest BCUT2D eigenvalue weighted by Gasteiger charge is 2.37. The van der Waals surface area contributed by atoms with Gasteiger partial charge in [0, 0.05) is 56.1 Å². The van der Waals surface area contributed by atoms with E-state index < -0.39 is 11.7 Å². The Kier molecular flexibility index (Phi) is 32.5. The summed E-state index contributed by atoms with van der Waals surface area (Å²) in [5, 5.41) is 14.7. The second-order valence-electron chi connectivity index (χ2n) is 23.6. The number of hydrogen-bond acceptors (Lipinski definition) is 12. The van der Waals surface area contributed by atoms with Gasteiger partial charge in [-0.3, -0.25) is 24.5 Å². The highest BCUT2D eigenvalue weighted by molar-refractivity contribution is 6.14. The van der Waals surface area contributed by atoms with Crippen molar-refractivity contribution >= 4 is 45.6 Å². The summed E-state index contributed by atoms with van der Waals surface area (Å²) >= 11 is 0. The lowest BCUT2D eigenvalue weighted by Crippen LogP contribution is -2.37. The molecule has 4 fully saturated rings. The lowest BCUT2D eigenvalue weighted by Gasteiger charge is -2.35. The summed E-state index contributed by atoms with van der Waals surface area (Å²) in [5.41, 5.74) is 3.63. The number of piperidine rings is 2. The molecular weight excluding hydrogens is 1110 g/mol. The molecule has 0 spiro atoms. The molecule has 6 heterocycles. The Morgan fingerprint density at radius 1 is 0.875 bits per heavy atom. The van der Waals surface area contributed by atoms with Crippen LogP contribution in [-0.4, -0.2) is 120 Å². The van der Waals surface area contributed by atoms with Crippen LogP contribution in [0.4, 0.5) is 19.0 Å². The number of nitrogens with one attached hydrogen (secondary N) is 1.